The second-order valence-electron chi connectivity index (χ2n) is 3.43. The molecule has 0 aliphatic carbocycles. The third-order valence-electron chi connectivity index (χ3n) is 2.20. The van der Waals surface area contributed by atoms with Crippen LogP contribution in [0.15, 0.2) is 24.3 Å². The molecule has 0 unspecified atom stereocenters. The summed E-state index contributed by atoms with van der Waals surface area (Å²) in [7, 11) is 0. The second kappa shape index (κ2) is 7.23. The first-order valence-electron chi connectivity index (χ1n) is 5.09. The molecular formula is C12H14ClIO. The van der Waals surface area contributed by atoms with Crippen molar-refractivity contribution in [1.82, 2.24) is 0 Å². The zero-order valence-electron chi connectivity index (χ0n) is 8.51. The van der Waals surface area contributed by atoms with Crippen LogP contribution in [0.25, 0.3) is 0 Å². The maximum absolute atomic E-state index is 11.7. The molecule has 0 aliphatic heterocycles. The Labute approximate surface area is 109 Å². The normalized spacial score (nSPS) is 10.3. The molecule has 3 heteroatoms. The van der Waals surface area contributed by atoms with E-state index in [4.69, 9.17) is 11.6 Å². The van der Waals surface area contributed by atoms with E-state index in [9.17, 15) is 4.79 Å². The Morgan fingerprint density at radius 2 is 1.80 bits per heavy atom. The molecule has 1 rings (SSSR count). The molecule has 0 heterocycles. The number of rotatable bonds is 6. The fourth-order valence-electron chi connectivity index (χ4n) is 1.34. The molecule has 1 aromatic carbocycles. The van der Waals surface area contributed by atoms with E-state index in [1.54, 1.807) is 0 Å². The monoisotopic (exact) mass is 336 g/mol. The highest BCUT2D eigenvalue weighted by Gasteiger charge is 2.04. The van der Waals surface area contributed by atoms with Crippen LogP contribution in [0.3, 0.4) is 0 Å². The van der Waals surface area contributed by atoms with Gasteiger partial charge in [0, 0.05) is 21.4 Å². The van der Waals surface area contributed by atoms with Crippen molar-refractivity contribution < 1.29 is 4.79 Å². The highest BCUT2D eigenvalue weighted by Crippen LogP contribution is 2.11. The van der Waals surface area contributed by atoms with Gasteiger partial charge in [0.1, 0.15) is 0 Å². The van der Waals surface area contributed by atoms with Crippen LogP contribution in [0.2, 0.25) is 0 Å². The van der Waals surface area contributed by atoms with Gasteiger partial charge in [-0.2, -0.15) is 0 Å². The van der Waals surface area contributed by atoms with E-state index in [2.05, 4.69) is 22.6 Å². The number of hydrogen-bond donors (Lipinski definition) is 0. The van der Waals surface area contributed by atoms with Crippen LogP contribution in [-0.4, -0.2) is 11.7 Å². The highest BCUT2D eigenvalue weighted by atomic mass is 127. The number of benzene rings is 1. The van der Waals surface area contributed by atoms with Crippen LogP contribution >= 0.6 is 34.2 Å². The van der Waals surface area contributed by atoms with E-state index in [0.717, 1.165) is 28.4 Å². The van der Waals surface area contributed by atoms with Gasteiger partial charge in [0.15, 0.2) is 5.78 Å². The summed E-state index contributed by atoms with van der Waals surface area (Å²) in [4.78, 5) is 11.7. The molecule has 0 amide bonds. The van der Waals surface area contributed by atoms with Crippen molar-refractivity contribution in [1.29, 1.82) is 0 Å². The molecule has 0 atom stereocenters. The van der Waals surface area contributed by atoms with Gasteiger partial charge < -0.3 is 0 Å². The molecule has 0 aromatic heterocycles. The van der Waals surface area contributed by atoms with E-state index in [1.807, 2.05) is 24.3 Å². The third-order valence-corrected chi connectivity index (χ3v) is 3.19. The lowest BCUT2D eigenvalue weighted by atomic mass is 10.1. The molecule has 0 saturated heterocycles. The first-order chi connectivity index (χ1) is 7.24. The van der Waals surface area contributed by atoms with Gasteiger partial charge in [-0.05, 0) is 47.6 Å². The van der Waals surface area contributed by atoms with Gasteiger partial charge in [-0.25, -0.2) is 0 Å². The van der Waals surface area contributed by atoms with E-state index in [1.165, 1.54) is 0 Å². The molecule has 0 radical (unpaired) electrons. The van der Waals surface area contributed by atoms with Gasteiger partial charge >= 0.3 is 0 Å². The number of alkyl halides is 1. The Morgan fingerprint density at radius 3 is 2.40 bits per heavy atom. The fraction of sp³-hybridized carbons (Fsp3) is 0.417. The molecule has 0 bridgehead atoms. The van der Waals surface area contributed by atoms with E-state index < -0.39 is 0 Å². The minimum atomic E-state index is 0.237. The number of unbranched alkanes of at least 4 members (excludes halogenated alkanes) is 2. The van der Waals surface area contributed by atoms with Crippen molar-refractivity contribution in [2.45, 2.75) is 25.7 Å². The molecule has 1 aromatic rings. The maximum atomic E-state index is 11.7. The third kappa shape index (κ3) is 4.98. The number of Topliss-reactive ketones (excluding diaryl/α,β-unsaturated/α-hetero) is 1. The van der Waals surface area contributed by atoms with Crippen LogP contribution in [0.4, 0.5) is 0 Å². The van der Waals surface area contributed by atoms with E-state index >= 15 is 0 Å². The summed E-state index contributed by atoms with van der Waals surface area (Å²) in [6, 6.07) is 7.72. The molecule has 82 valence electrons. The summed E-state index contributed by atoms with van der Waals surface area (Å²) in [5.41, 5.74) is 0.821. The van der Waals surface area contributed by atoms with Crippen LogP contribution in [0, 0.1) is 3.57 Å². The SMILES string of the molecule is O=C(CCCCCCl)c1ccc(I)cc1. The molecule has 0 aliphatic rings. The average molecular weight is 337 g/mol. The zero-order chi connectivity index (χ0) is 11.1. The van der Waals surface area contributed by atoms with Crippen molar-refractivity contribution in [3.05, 3.63) is 33.4 Å². The number of carbonyl (C=O) groups is 1. The van der Waals surface area contributed by atoms with E-state index in [-0.39, 0.29) is 5.78 Å². The molecule has 0 fully saturated rings. The minimum Gasteiger partial charge on any atom is -0.294 e. The highest BCUT2D eigenvalue weighted by molar-refractivity contribution is 14.1. The largest absolute Gasteiger partial charge is 0.294 e. The first-order valence-corrected chi connectivity index (χ1v) is 6.70. The van der Waals surface area contributed by atoms with Crippen LogP contribution in [0.5, 0.6) is 0 Å². The van der Waals surface area contributed by atoms with Crippen molar-refractivity contribution >= 4 is 40.0 Å². The van der Waals surface area contributed by atoms with Gasteiger partial charge in [-0.15, -0.1) is 11.6 Å². The Hall–Kier alpha value is -0.0900. The summed E-state index contributed by atoms with van der Waals surface area (Å²) in [6.07, 6.45) is 3.62. The first kappa shape index (κ1) is 13.0. The van der Waals surface area contributed by atoms with Gasteiger partial charge in [-0.1, -0.05) is 18.6 Å². The minimum absolute atomic E-state index is 0.237. The Morgan fingerprint density at radius 1 is 1.13 bits per heavy atom. The van der Waals surface area contributed by atoms with Crippen molar-refractivity contribution in [3.8, 4) is 0 Å². The quantitative estimate of drug-likeness (QED) is 0.328. The number of hydrogen-bond acceptors (Lipinski definition) is 1. The summed E-state index contributed by atoms with van der Waals surface area (Å²) in [6.45, 7) is 0. The van der Waals surface area contributed by atoms with Gasteiger partial charge in [-0.3, -0.25) is 4.79 Å². The number of carbonyl (C=O) groups excluding carboxylic acids is 1. The van der Waals surface area contributed by atoms with Crippen LogP contribution in [0.1, 0.15) is 36.0 Å². The fourth-order valence-corrected chi connectivity index (χ4v) is 1.89. The molecule has 0 saturated carbocycles. The van der Waals surface area contributed by atoms with Crippen molar-refractivity contribution in [3.63, 3.8) is 0 Å². The lowest BCUT2D eigenvalue weighted by Crippen LogP contribution is -1.98. The van der Waals surface area contributed by atoms with Gasteiger partial charge in [0.25, 0.3) is 0 Å². The Kier molecular flexibility index (Phi) is 6.25. The summed E-state index contributed by atoms with van der Waals surface area (Å²) >= 11 is 7.80. The molecule has 15 heavy (non-hydrogen) atoms. The molecule has 0 spiro atoms. The zero-order valence-corrected chi connectivity index (χ0v) is 11.4. The van der Waals surface area contributed by atoms with Crippen molar-refractivity contribution in [2.24, 2.45) is 0 Å². The molecule has 0 N–H and O–H groups in total. The van der Waals surface area contributed by atoms with Crippen molar-refractivity contribution in [2.75, 3.05) is 5.88 Å². The lowest BCUT2D eigenvalue weighted by molar-refractivity contribution is 0.0979. The summed E-state index contributed by atoms with van der Waals surface area (Å²) < 4.78 is 1.16. The smallest absolute Gasteiger partial charge is 0.162 e. The Balaban J connectivity index is 2.37. The number of ketones is 1. The summed E-state index contributed by atoms with van der Waals surface area (Å²) in [5.74, 6) is 0.929. The Bertz CT molecular complexity index is 308. The van der Waals surface area contributed by atoms with Gasteiger partial charge in [0.05, 0.1) is 0 Å². The van der Waals surface area contributed by atoms with Crippen LogP contribution in [-0.2, 0) is 0 Å². The topological polar surface area (TPSA) is 17.1 Å². The number of halogens is 2. The average Bonchev–Trinajstić information content (AvgIpc) is 2.25. The van der Waals surface area contributed by atoms with E-state index in [0.29, 0.717) is 12.3 Å². The summed E-state index contributed by atoms with van der Waals surface area (Å²) in [5, 5.41) is 0. The van der Waals surface area contributed by atoms with Gasteiger partial charge in [0.2, 0.25) is 0 Å². The second-order valence-corrected chi connectivity index (χ2v) is 5.05. The standard InChI is InChI=1S/C12H14ClIO/c13-9-3-1-2-4-12(15)10-5-7-11(14)8-6-10/h5-8H,1-4,9H2. The predicted octanol–water partition coefficient (Wildman–Crippen LogP) is 4.27. The maximum Gasteiger partial charge on any atom is 0.162 e. The molecule has 1 nitrogen and oxygen atoms in total. The lowest BCUT2D eigenvalue weighted by Gasteiger charge is -2.00. The predicted molar refractivity (Wildman–Crippen MR) is 72.7 cm³/mol. The van der Waals surface area contributed by atoms with Crippen LogP contribution < -0.4 is 0 Å². The molecular weight excluding hydrogens is 322 g/mol.